The lowest BCUT2D eigenvalue weighted by atomic mass is 9.93. The number of hydrogen-bond donors (Lipinski definition) is 2. The topological polar surface area (TPSA) is 72.3 Å². The van der Waals surface area contributed by atoms with Crippen LogP contribution in [0.2, 0.25) is 0 Å². The van der Waals surface area contributed by atoms with Crippen molar-refractivity contribution in [1.29, 1.82) is 0 Å². The summed E-state index contributed by atoms with van der Waals surface area (Å²) in [5.41, 5.74) is 13.5. The number of carbonyl (C=O) groups is 1. The number of nitrogens with two attached hydrogens (primary N) is 2. The van der Waals surface area contributed by atoms with Crippen LogP contribution in [-0.2, 0) is 4.79 Å². The van der Waals surface area contributed by atoms with Gasteiger partial charge in [0.15, 0.2) is 0 Å². The summed E-state index contributed by atoms with van der Waals surface area (Å²) in [6, 6.07) is 6.34. The summed E-state index contributed by atoms with van der Waals surface area (Å²) in [6.45, 7) is 3.92. The van der Waals surface area contributed by atoms with Gasteiger partial charge >= 0.3 is 0 Å². The first-order chi connectivity index (χ1) is 9.47. The van der Waals surface area contributed by atoms with Gasteiger partial charge in [0.05, 0.1) is 5.69 Å². The van der Waals surface area contributed by atoms with E-state index < -0.39 is 0 Å². The molecule has 4 nitrogen and oxygen atoms in total. The molecule has 20 heavy (non-hydrogen) atoms. The number of carbonyl (C=O) groups excluding carboxylic acids is 1. The second-order valence-electron chi connectivity index (χ2n) is 5.60. The van der Waals surface area contributed by atoms with E-state index in [4.69, 9.17) is 11.5 Å². The third-order valence-electron chi connectivity index (χ3n) is 3.94. The van der Waals surface area contributed by atoms with E-state index in [0.717, 1.165) is 36.0 Å². The average Bonchev–Trinajstić information content (AvgIpc) is 2.39. The summed E-state index contributed by atoms with van der Waals surface area (Å²) in [4.78, 5) is 13.3. The summed E-state index contributed by atoms with van der Waals surface area (Å²) < 4.78 is 1.08. The van der Waals surface area contributed by atoms with Crippen molar-refractivity contribution < 1.29 is 4.79 Å². The van der Waals surface area contributed by atoms with Crippen molar-refractivity contribution in [2.24, 2.45) is 17.4 Å². The van der Waals surface area contributed by atoms with Crippen molar-refractivity contribution in [3.63, 3.8) is 0 Å². The molecule has 0 spiro atoms. The fourth-order valence-electron chi connectivity index (χ4n) is 2.73. The molecule has 1 heterocycles. The summed E-state index contributed by atoms with van der Waals surface area (Å²) in [7, 11) is 0. The Bertz CT molecular complexity index is 482. The highest BCUT2D eigenvalue weighted by Crippen LogP contribution is 2.32. The number of piperidine rings is 1. The Balaban J connectivity index is 2.02. The number of anilines is 1. The molecule has 110 valence electrons. The van der Waals surface area contributed by atoms with Gasteiger partial charge in [0.1, 0.15) is 0 Å². The third kappa shape index (κ3) is 3.73. The number of rotatable bonds is 4. The van der Waals surface area contributed by atoms with Crippen LogP contribution in [0, 0.1) is 5.92 Å². The molecule has 5 heteroatoms. The van der Waals surface area contributed by atoms with Crippen molar-refractivity contribution >= 4 is 27.5 Å². The van der Waals surface area contributed by atoms with Crippen molar-refractivity contribution in [3.05, 3.63) is 28.2 Å². The number of nitrogens with zero attached hydrogens (tertiary/aromatic N) is 1. The highest BCUT2D eigenvalue weighted by atomic mass is 79.9. The van der Waals surface area contributed by atoms with Crippen molar-refractivity contribution in [2.45, 2.75) is 32.2 Å². The van der Waals surface area contributed by atoms with Crippen LogP contribution in [0.5, 0.6) is 0 Å². The average molecular weight is 340 g/mol. The Morgan fingerprint density at radius 3 is 2.60 bits per heavy atom. The predicted octanol–water partition coefficient (Wildman–Crippen LogP) is 2.56. The van der Waals surface area contributed by atoms with E-state index in [1.165, 1.54) is 5.69 Å². The fourth-order valence-corrected chi connectivity index (χ4v) is 3.37. The van der Waals surface area contributed by atoms with Crippen LogP contribution in [0.25, 0.3) is 0 Å². The second kappa shape index (κ2) is 6.59. The summed E-state index contributed by atoms with van der Waals surface area (Å²) >= 11 is 3.64. The lowest BCUT2D eigenvalue weighted by Gasteiger charge is -2.34. The van der Waals surface area contributed by atoms with Gasteiger partial charge in [-0.25, -0.2) is 0 Å². The maximum absolute atomic E-state index is 11.0. The van der Waals surface area contributed by atoms with Crippen LogP contribution in [-0.4, -0.2) is 19.0 Å². The highest BCUT2D eigenvalue weighted by molar-refractivity contribution is 9.10. The highest BCUT2D eigenvalue weighted by Gasteiger charge is 2.22. The maximum Gasteiger partial charge on any atom is 0.217 e. The minimum absolute atomic E-state index is 0.0432. The summed E-state index contributed by atoms with van der Waals surface area (Å²) in [5.74, 6) is 0.247. The third-order valence-corrected chi connectivity index (χ3v) is 4.58. The number of amides is 1. The van der Waals surface area contributed by atoms with Gasteiger partial charge < -0.3 is 16.4 Å². The van der Waals surface area contributed by atoms with Crippen LogP contribution in [0.3, 0.4) is 0 Å². The van der Waals surface area contributed by atoms with Crippen molar-refractivity contribution in [2.75, 3.05) is 18.0 Å². The molecular weight excluding hydrogens is 318 g/mol. The first-order valence-corrected chi connectivity index (χ1v) is 7.85. The zero-order chi connectivity index (χ0) is 14.7. The molecule has 0 aliphatic carbocycles. The molecule has 2 rings (SSSR count). The molecule has 1 saturated heterocycles. The lowest BCUT2D eigenvalue weighted by molar-refractivity contribution is -0.119. The van der Waals surface area contributed by atoms with Crippen LogP contribution < -0.4 is 16.4 Å². The summed E-state index contributed by atoms with van der Waals surface area (Å²) in [5, 5.41) is 0. The zero-order valence-electron chi connectivity index (χ0n) is 11.8. The smallest absolute Gasteiger partial charge is 0.217 e. The van der Waals surface area contributed by atoms with Gasteiger partial charge in [0.25, 0.3) is 0 Å². The van der Waals surface area contributed by atoms with Gasteiger partial charge in [-0.15, -0.1) is 0 Å². The molecular formula is C15H22BrN3O. The van der Waals surface area contributed by atoms with Gasteiger partial charge in [-0.05, 0) is 59.3 Å². The number of benzene rings is 1. The predicted molar refractivity (Wildman–Crippen MR) is 85.5 cm³/mol. The van der Waals surface area contributed by atoms with Gasteiger partial charge in [-0.1, -0.05) is 6.07 Å². The number of primary amides is 1. The Morgan fingerprint density at radius 1 is 1.45 bits per heavy atom. The quantitative estimate of drug-likeness (QED) is 0.885. The maximum atomic E-state index is 11.0. The molecule has 1 fully saturated rings. The molecule has 0 unspecified atom stereocenters. The minimum atomic E-state index is -0.189. The Kier molecular flexibility index (Phi) is 5.05. The molecule has 1 aliphatic heterocycles. The van der Waals surface area contributed by atoms with Crippen LogP contribution in [0.4, 0.5) is 5.69 Å². The van der Waals surface area contributed by atoms with Crippen molar-refractivity contribution in [1.82, 2.24) is 0 Å². The second-order valence-corrected chi connectivity index (χ2v) is 6.45. The molecule has 1 atom stereocenters. The molecule has 0 aromatic heterocycles. The van der Waals surface area contributed by atoms with E-state index >= 15 is 0 Å². The minimum Gasteiger partial charge on any atom is -0.371 e. The zero-order valence-corrected chi connectivity index (χ0v) is 13.4. The molecule has 0 radical (unpaired) electrons. The van der Waals surface area contributed by atoms with E-state index in [9.17, 15) is 4.79 Å². The summed E-state index contributed by atoms with van der Waals surface area (Å²) in [6.07, 6.45) is 2.55. The SMILES string of the molecule is C[C@H](N)c1ccc(N2CCC(CC(N)=O)CC2)c(Br)c1. The monoisotopic (exact) mass is 339 g/mol. The van der Waals surface area contributed by atoms with E-state index in [2.05, 4.69) is 39.0 Å². The standard InChI is InChI=1S/C15H22BrN3O/c1-10(17)12-2-3-14(13(16)9-12)19-6-4-11(5-7-19)8-15(18)20/h2-3,9-11H,4-8,17H2,1H3,(H2,18,20)/t10-/m0/s1. The van der Waals surface area contributed by atoms with Crippen LogP contribution in [0.1, 0.15) is 37.8 Å². The van der Waals surface area contributed by atoms with E-state index in [0.29, 0.717) is 12.3 Å². The number of halogens is 1. The van der Waals surface area contributed by atoms with Crippen molar-refractivity contribution in [3.8, 4) is 0 Å². The Labute approximate surface area is 128 Å². The van der Waals surface area contributed by atoms with Gasteiger partial charge in [0.2, 0.25) is 5.91 Å². The molecule has 0 saturated carbocycles. The Morgan fingerprint density at radius 2 is 2.10 bits per heavy atom. The van der Waals surface area contributed by atoms with Crippen LogP contribution >= 0.6 is 15.9 Å². The number of hydrogen-bond acceptors (Lipinski definition) is 3. The first-order valence-electron chi connectivity index (χ1n) is 7.05. The normalized spacial score (nSPS) is 18.1. The lowest BCUT2D eigenvalue weighted by Crippen LogP contribution is -2.35. The fraction of sp³-hybridized carbons (Fsp3) is 0.533. The van der Waals surface area contributed by atoms with E-state index in [-0.39, 0.29) is 11.9 Å². The van der Waals surface area contributed by atoms with Gasteiger partial charge in [0, 0.05) is 30.0 Å². The van der Waals surface area contributed by atoms with E-state index in [1.807, 2.05) is 6.92 Å². The molecule has 1 aliphatic rings. The molecule has 1 aromatic rings. The Hall–Kier alpha value is -1.07. The first kappa shape index (κ1) is 15.3. The molecule has 1 aromatic carbocycles. The van der Waals surface area contributed by atoms with Crippen LogP contribution in [0.15, 0.2) is 22.7 Å². The molecule has 4 N–H and O–H groups in total. The largest absolute Gasteiger partial charge is 0.371 e. The molecule has 0 bridgehead atoms. The molecule has 1 amide bonds. The van der Waals surface area contributed by atoms with E-state index in [1.54, 1.807) is 0 Å². The van der Waals surface area contributed by atoms with Gasteiger partial charge in [-0.2, -0.15) is 0 Å². The van der Waals surface area contributed by atoms with Gasteiger partial charge in [-0.3, -0.25) is 4.79 Å².